The molecule has 1 rings (SSSR count). The lowest BCUT2D eigenvalue weighted by molar-refractivity contribution is -0.384. The number of hydrogen-bond acceptors (Lipinski definition) is 5. The Labute approximate surface area is 93.1 Å². The zero-order valence-electron chi connectivity index (χ0n) is 9.01. The van der Waals surface area contributed by atoms with Gasteiger partial charge in [0.25, 0.3) is 5.69 Å². The van der Waals surface area contributed by atoms with Gasteiger partial charge in [-0.15, -0.1) is 0 Å². The standard InChI is InChI=1S/C10H14N2O4/c1-2-15-7-16-10-4-3-9(12(13)14)5-8(10)6-11/h3-5H,2,6-7,11H2,1H3. The summed E-state index contributed by atoms with van der Waals surface area (Å²) in [5.41, 5.74) is 6.08. The summed E-state index contributed by atoms with van der Waals surface area (Å²) >= 11 is 0. The monoisotopic (exact) mass is 226 g/mol. The van der Waals surface area contributed by atoms with Gasteiger partial charge >= 0.3 is 0 Å². The zero-order valence-corrected chi connectivity index (χ0v) is 9.01. The summed E-state index contributed by atoms with van der Waals surface area (Å²) in [6, 6.07) is 4.31. The van der Waals surface area contributed by atoms with E-state index in [0.29, 0.717) is 17.9 Å². The van der Waals surface area contributed by atoms with E-state index in [1.807, 2.05) is 6.92 Å². The normalized spacial score (nSPS) is 10.1. The van der Waals surface area contributed by atoms with Gasteiger partial charge in [-0.1, -0.05) is 0 Å². The van der Waals surface area contributed by atoms with Crippen molar-refractivity contribution in [2.75, 3.05) is 13.4 Å². The zero-order chi connectivity index (χ0) is 12.0. The number of nitrogens with two attached hydrogens (primary N) is 1. The molecule has 0 amide bonds. The molecule has 0 saturated carbocycles. The first-order valence-corrected chi connectivity index (χ1v) is 4.87. The maximum Gasteiger partial charge on any atom is 0.270 e. The molecule has 0 bridgehead atoms. The number of nitrogens with zero attached hydrogens (tertiary/aromatic N) is 1. The Morgan fingerprint density at radius 3 is 2.81 bits per heavy atom. The molecule has 1 aromatic rings. The molecule has 0 aromatic heterocycles. The minimum Gasteiger partial charge on any atom is -0.467 e. The van der Waals surface area contributed by atoms with Gasteiger partial charge in [-0.2, -0.15) is 0 Å². The molecule has 0 aliphatic rings. The third-order valence-corrected chi connectivity index (χ3v) is 1.98. The van der Waals surface area contributed by atoms with E-state index in [0.717, 1.165) is 0 Å². The Morgan fingerprint density at radius 1 is 1.50 bits per heavy atom. The summed E-state index contributed by atoms with van der Waals surface area (Å²) in [5.74, 6) is 0.515. The molecule has 0 radical (unpaired) electrons. The predicted molar refractivity (Wildman–Crippen MR) is 58.1 cm³/mol. The van der Waals surface area contributed by atoms with Crippen molar-refractivity contribution in [1.29, 1.82) is 0 Å². The van der Waals surface area contributed by atoms with Crippen LogP contribution in [0.5, 0.6) is 5.75 Å². The van der Waals surface area contributed by atoms with Crippen molar-refractivity contribution in [3.05, 3.63) is 33.9 Å². The number of benzene rings is 1. The SMILES string of the molecule is CCOCOc1ccc([N+](=O)[O-])cc1CN. The smallest absolute Gasteiger partial charge is 0.270 e. The molecule has 0 atom stereocenters. The van der Waals surface area contributed by atoms with E-state index in [2.05, 4.69) is 0 Å². The van der Waals surface area contributed by atoms with E-state index < -0.39 is 4.92 Å². The van der Waals surface area contributed by atoms with Crippen LogP contribution >= 0.6 is 0 Å². The Hall–Kier alpha value is -1.66. The molecular weight excluding hydrogens is 212 g/mol. The topological polar surface area (TPSA) is 87.6 Å². The second-order valence-corrected chi connectivity index (χ2v) is 3.01. The van der Waals surface area contributed by atoms with Crippen LogP contribution in [-0.2, 0) is 11.3 Å². The molecule has 0 aliphatic heterocycles. The first-order valence-electron chi connectivity index (χ1n) is 4.87. The van der Waals surface area contributed by atoms with Gasteiger partial charge in [-0.3, -0.25) is 10.1 Å². The third kappa shape index (κ3) is 3.18. The van der Waals surface area contributed by atoms with Gasteiger partial charge in [0, 0.05) is 30.8 Å². The van der Waals surface area contributed by atoms with Crippen LogP contribution in [0.2, 0.25) is 0 Å². The quantitative estimate of drug-likeness (QED) is 0.343. The average Bonchev–Trinajstić information content (AvgIpc) is 2.29. The molecule has 0 fully saturated rings. The van der Waals surface area contributed by atoms with Crippen LogP contribution in [0.3, 0.4) is 0 Å². The molecular formula is C10H14N2O4. The van der Waals surface area contributed by atoms with Crippen LogP contribution in [0.25, 0.3) is 0 Å². The van der Waals surface area contributed by atoms with Crippen molar-refractivity contribution in [2.24, 2.45) is 5.73 Å². The number of nitro benzene ring substituents is 1. The Morgan fingerprint density at radius 2 is 2.25 bits per heavy atom. The summed E-state index contributed by atoms with van der Waals surface area (Å²) in [4.78, 5) is 10.1. The lowest BCUT2D eigenvalue weighted by atomic mass is 10.2. The summed E-state index contributed by atoms with van der Waals surface area (Å²) in [6.45, 7) is 2.69. The molecule has 1 aromatic carbocycles. The largest absolute Gasteiger partial charge is 0.467 e. The molecule has 0 unspecified atom stereocenters. The third-order valence-electron chi connectivity index (χ3n) is 1.98. The van der Waals surface area contributed by atoms with Crippen molar-refractivity contribution in [1.82, 2.24) is 0 Å². The van der Waals surface area contributed by atoms with E-state index in [4.69, 9.17) is 15.2 Å². The molecule has 88 valence electrons. The van der Waals surface area contributed by atoms with Gasteiger partial charge in [-0.05, 0) is 13.0 Å². The maximum atomic E-state index is 10.5. The first-order chi connectivity index (χ1) is 7.69. The highest BCUT2D eigenvalue weighted by molar-refractivity contribution is 5.43. The average molecular weight is 226 g/mol. The van der Waals surface area contributed by atoms with Crippen LogP contribution in [0.15, 0.2) is 18.2 Å². The number of hydrogen-bond donors (Lipinski definition) is 1. The van der Waals surface area contributed by atoms with Crippen LogP contribution in [0.4, 0.5) is 5.69 Å². The molecule has 0 aliphatic carbocycles. The van der Waals surface area contributed by atoms with Gasteiger partial charge in [0.1, 0.15) is 5.75 Å². The minimum atomic E-state index is -0.467. The van der Waals surface area contributed by atoms with Gasteiger partial charge in [0.2, 0.25) is 0 Å². The summed E-state index contributed by atoms with van der Waals surface area (Å²) in [5, 5.41) is 10.5. The second kappa shape index (κ2) is 6.04. The fraction of sp³-hybridized carbons (Fsp3) is 0.400. The number of non-ortho nitro benzene ring substituents is 1. The fourth-order valence-corrected chi connectivity index (χ4v) is 1.17. The Kier molecular flexibility index (Phi) is 4.68. The Bertz CT molecular complexity index is 368. The van der Waals surface area contributed by atoms with Gasteiger partial charge in [0.15, 0.2) is 6.79 Å². The molecule has 0 saturated heterocycles. The van der Waals surface area contributed by atoms with Crippen LogP contribution < -0.4 is 10.5 Å². The number of nitro groups is 1. The van der Waals surface area contributed by atoms with Gasteiger partial charge in [-0.25, -0.2) is 0 Å². The van der Waals surface area contributed by atoms with Crippen molar-refractivity contribution >= 4 is 5.69 Å². The summed E-state index contributed by atoms with van der Waals surface area (Å²) < 4.78 is 10.3. The van der Waals surface area contributed by atoms with Crippen molar-refractivity contribution in [3.8, 4) is 5.75 Å². The highest BCUT2D eigenvalue weighted by Gasteiger charge is 2.10. The second-order valence-electron chi connectivity index (χ2n) is 3.01. The number of rotatable bonds is 6. The van der Waals surface area contributed by atoms with E-state index in [9.17, 15) is 10.1 Å². The summed E-state index contributed by atoms with van der Waals surface area (Å²) in [7, 11) is 0. The lowest BCUT2D eigenvalue weighted by Crippen LogP contribution is -2.06. The van der Waals surface area contributed by atoms with E-state index in [-0.39, 0.29) is 19.0 Å². The molecule has 0 spiro atoms. The van der Waals surface area contributed by atoms with Gasteiger partial charge < -0.3 is 15.2 Å². The van der Waals surface area contributed by atoms with Crippen LogP contribution in [-0.4, -0.2) is 18.3 Å². The molecule has 16 heavy (non-hydrogen) atoms. The lowest BCUT2D eigenvalue weighted by Gasteiger charge is -2.09. The van der Waals surface area contributed by atoms with Crippen molar-refractivity contribution < 1.29 is 14.4 Å². The highest BCUT2D eigenvalue weighted by Crippen LogP contribution is 2.23. The first kappa shape index (κ1) is 12.4. The van der Waals surface area contributed by atoms with Crippen LogP contribution in [0, 0.1) is 10.1 Å². The molecule has 6 nitrogen and oxygen atoms in total. The highest BCUT2D eigenvalue weighted by atomic mass is 16.7. The van der Waals surface area contributed by atoms with E-state index in [1.165, 1.54) is 18.2 Å². The fourth-order valence-electron chi connectivity index (χ4n) is 1.17. The molecule has 0 heterocycles. The Balaban J connectivity index is 2.80. The molecule has 2 N–H and O–H groups in total. The maximum absolute atomic E-state index is 10.5. The van der Waals surface area contributed by atoms with Gasteiger partial charge in [0.05, 0.1) is 4.92 Å². The molecule has 6 heteroatoms. The van der Waals surface area contributed by atoms with Crippen molar-refractivity contribution in [3.63, 3.8) is 0 Å². The predicted octanol–water partition coefficient (Wildman–Crippen LogP) is 1.43. The van der Waals surface area contributed by atoms with E-state index in [1.54, 1.807) is 0 Å². The summed E-state index contributed by atoms with van der Waals surface area (Å²) in [6.07, 6.45) is 0. The van der Waals surface area contributed by atoms with E-state index >= 15 is 0 Å². The van der Waals surface area contributed by atoms with Crippen LogP contribution in [0.1, 0.15) is 12.5 Å². The minimum absolute atomic E-state index is 0.00390. The van der Waals surface area contributed by atoms with Crippen molar-refractivity contribution in [2.45, 2.75) is 13.5 Å². The number of ether oxygens (including phenoxy) is 2.